The average molecular weight is 346 g/mol. The highest BCUT2D eigenvalue weighted by molar-refractivity contribution is 5.89. The monoisotopic (exact) mass is 346 g/mol. The van der Waals surface area contributed by atoms with Gasteiger partial charge in [0.15, 0.2) is 0 Å². The Hall–Kier alpha value is -2.57. The molecule has 1 saturated heterocycles. The number of amides is 2. The maximum absolute atomic E-state index is 12.2. The van der Waals surface area contributed by atoms with Gasteiger partial charge in [0.1, 0.15) is 12.4 Å². The summed E-state index contributed by atoms with van der Waals surface area (Å²) in [5, 5.41) is 11.6. The molecule has 1 aromatic carbocycles. The smallest absolute Gasteiger partial charge is 0.335 e. The third kappa shape index (κ3) is 4.71. The first kappa shape index (κ1) is 17.3. The molecule has 134 valence electrons. The zero-order valence-corrected chi connectivity index (χ0v) is 13.9. The van der Waals surface area contributed by atoms with Crippen molar-refractivity contribution in [2.75, 3.05) is 26.2 Å². The van der Waals surface area contributed by atoms with E-state index >= 15 is 0 Å². The second kappa shape index (κ2) is 7.55. The minimum absolute atomic E-state index is 0.0711. The first-order chi connectivity index (χ1) is 12.0. The van der Waals surface area contributed by atoms with Gasteiger partial charge in [0, 0.05) is 19.5 Å². The van der Waals surface area contributed by atoms with Crippen LogP contribution in [0.5, 0.6) is 5.75 Å². The van der Waals surface area contributed by atoms with Crippen LogP contribution in [-0.4, -0.2) is 54.0 Å². The maximum Gasteiger partial charge on any atom is 0.335 e. The molecule has 1 aliphatic carbocycles. The Kier molecular flexibility index (Phi) is 5.21. The highest BCUT2D eigenvalue weighted by Crippen LogP contribution is 2.31. The molecule has 0 unspecified atom stereocenters. The second-order valence-corrected chi connectivity index (χ2v) is 6.61. The van der Waals surface area contributed by atoms with Gasteiger partial charge < -0.3 is 20.1 Å². The number of rotatable bonds is 8. The van der Waals surface area contributed by atoms with Crippen LogP contribution in [0.15, 0.2) is 24.3 Å². The predicted molar refractivity (Wildman–Crippen MR) is 89.3 cm³/mol. The number of benzene rings is 1. The van der Waals surface area contributed by atoms with Gasteiger partial charge in [-0.05, 0) is 43.0 Å². The van der Waals surface area contributed by atoms with E-state index in [1.165, 1.54) is 25.0 Å². The van der Waals surface area contributed by atoms with E-state index in [1.807, 2.05) is 4.90 Å². The Balaban J connectivity index is 1.36. The number of likely N-dealkylation sites (tertiary alicyclic amines) is 1. The van der Waals surface area contributed by atoms with Gasteiger partial charge in [0.2, 0.25) is 11.8 Å². The minimum Gasteiger partial charge on any atom is -0.492 e. The molecule has 0 spiro atoms. The van der Waals surface area contributed by atoms with Crippen LogP contribution in [0.4, 0.5) is 0 Å². The van der Waals surface area contributed by atoms with Crippen LogP contribution in [0.2, 0.25) is 0 Å². The summed E-state index contributed by atoms with van der Waals surface area (Å²) < 4.78 is 5.47. The molecule has 1 aromatic rings. The average Bonchev–Trinajstić information content (AvgIpc) is 3.34. The number of hydrogen-bond donors (Lipinski definition) is 2. The number of aromatic carboxylic acids is 1. The summed E-state index contributed by atoms with van der Waals surface area (Å²) in [7, 11) is 0. The third-order valence-corrected chi connectivity index (χ3v) is 4.53. The summed E-state index contributed by atoms with van der Waals surface area (Å²) in [4.78, 5) is 36.7. The van der Waals surface area contributed by atoms with Crippen molar-refractivity contribution in [1.29, 1.82) is 0 Å². The largest absolute Gasteiger partial charge is 0.492 e. The van der Waals surface area contributed by atoms with Crippen LogP contribution in [0.3, 0.4) is 0 Å². The quantitative estimate of drug-likeness (QED) is 0.688. The highest BCUT2D eigenvalue weighted by atomic mass is 16.5. The standard InChI is InChI=1S/C18H22N2O5/c21-16-9-14(11-20(16)10-12-1-2-12)17(22)19-7-8-25-15-5-3-13(4-6-15)18(23)24/h3-6,12,14H,1-2,7-11H2,(H,19,22)(H,23,24)/t14-/m1/s1. The van der Waals surface area contributed by atoms with Crippen LogP contribution in [0.1, 0.15) is 29.6 Å². The molecule has 2 amide bonds. The van der Waals surface area contributed by atoms with E-state index in [9.17, 15) is 14.4 Å². The molecular formula is C18H22N2O5. The molecule has 0 bridgehead atoms. The molecule has 1 heterocycles. The Labute approximate surface area is 146 Å². The van der Waals surface area contributed by atoms with Gasteiger partial charge >= 0.3 is 5.97 Å². The lowest BCUT2D eigenvalue weighted by Gasteiger charge is -2.16. The van der Waals surface area contributed by atoms with E-state index in [4.69, 9.17) is 9.84 Å². The van der Waals surface area contributed by atoms with Gasteiger partial charge in [-0.25, -0.2) is 4.79 Å². The molecule has 1 atom stereocenters. The predicted octanol–water partition coefficient (Wildman–Crippen LogP) is 1.14. The number of hydrogen-bond acceptors (Lipinski definition) is 4. The lowest BCUT2D eigenvalue weighted by atomic mass is 10.1. The molecule has 0 radical (unpaired) electrons. The molecular weight excluding hydrogens is 324 g/mol. The Morgan fingerprint density at radius 1 is 1.24 bits per heavy atom. The van der Waals surface area contributed by atoms with Gasteiger partial charge in [-0.1, -0.05) is 0 Å². The van der Waals surface area contributed by atoms with Gasteiger partial charge in [-0.2, -0.15) is 0 Å². The summed E-state index contributed by atoms with van der Waals surface area (Å²) in [5.74, 6) is -0.127. The van der Waals surface area contributed by atoms with Crippen molar-refractivity contribution in [1.82, 2.24) is 10.2 Å². The number of carbonyl (C=O) groups is 3. The van der Waals surface area contributed by atoms with E-state index < -0.39 is 5.97 Å². The fraction of sp³-hybridized carbons (Fsp3) is 0.500. The van der Waals surface area contributed by atoms with Crippen molar-refractivity contribution >= 4 is 17.8 Å². The first-order valence-electron chi connectivity index (χ1n) is 8.54. The molecule has 2 aliphatic rings. The summed E-state index contributed by atoms with van der Waals surface area (Å²) in [5.41, 5.74) is 0.197. The van der Waals surface area contributed by atoms with Crippen molar-refractivity contribution in [3.8, 4) is 5.75 Å². The molecule has 25 heavy (non-hydrogen) atoms. The molecule has 7 nitrogen and oxygen atoms in total. The van der Waals surface area contributed by atoms with Crippen LogP contribution in [0, 0.1) is 11.8 Å². The van der Waals surface area contributed by atoms with Gasteiger partial charge in [0.05, 0.1) is 18.0 Å². The van der Waals surface area contributed by atoms with Gasteiger partial charge in [0.25, 0.3) is 0 Å². The van der Waals surface area contributed by atoms with Crippen LogP contribution < -0.4 is 10.1 Å². The summed E-state index contributed by atoms with van der Waals surface area (Å²) >= 11 is 0. The van der Waals surface area contributed by atoms with Crippen LogP contribution in [-0.2, 0) is 9.59 Å². The molecule has 1 saturated carbocycles. The number of ether oxygens (including phenoxy) is 1. The number of nitrogens with zero attached hydrogens (tertiary/aromatic N) is 1. The second-order valence-electron chi connectivity index (χ2n) is 6.61. The molecule has 1 aliphatic heterocycles. The Morgan fingerprint density at radius 2 is 1.96 bits per heavy atom. The summed E-state index contributed by atoms with van der Waals surface area (Å²) in [6, 6.07) is 6.09. The molecule has 2 fully saturated rings. The van der Waals surface area contributed by atoms with Crippen molar-refractivity contribution in [3.63, 3.8) is 0 Å². The number of carbonyl (C=O) groups excluding carboxylic acids is 2. The van der Waals surface area contributed by atoms with E-state index in [0.29, 0.717) is 24.8 Å². The number of carboxylic acids is 1. The normalized spacial score (nSPS) is 19.8. The van der Waals surface area contributed by atoms with Crippen molar-refractivity contribution in [2.24, 2.45) is 11.8 Å². The summed E-state index contributed by atoms with van der Waals surface area (Å²) in [6.07, 6.45) is 2.66. The topological polar surface area (TPSA) is 95.9 Å². The van der Waals surface area contributed by atoms with Crippen molar-refractivity contribution in [3.05, 3.63) is 29.8 Å². The van der Waals surface area contributed by atoms with E-state index in [1.54, 1.807) is 12.1 Å². The van der Waals surface area contributed by atoms with Crippen molar-refractivity contribution < 1.29 is 24.2 Å². The Morgan fingerprint density at radius 3 is 2.60 bits per heavy atom. The fourth-order valence-corrected chi connectivity index (χ4v) is 2.92. The van der Waals surface area contributed by atoms with Gasteiger partial charge in [-0.15, -0.1) is 0 Å². The molecule has 3 rings (SSSR count). The van der Waals surface area contributed by atoms with Gasteiger partial charge in [-0.3, -0.25) is 9.59 Å². The van der Waals surface area contributed by atoms with Crippen LogP contribution >= 0.6 is 0 Å². The van der Waals surface area contributed by atoms with E-state index in [-0.39, 0.29) is 36.3 Å². The van der Waals surface area contributed by atoms with E-state index in [2.05, 4.69) is 5.32 Å². The molecule has 7 heteroatoms. The van der Waals surface area contributed by atoms with Crippen molar-refractivity contribution in [2.45, 2.75) is 19.3 Å². The van der Waals surface area contributed by atoms with Crippen LogP contribution in [0.25, 0.3) is 0 Å². The molecule has 0 aromatic heterocycles. The lowest BCUT2D eigenvalue weighted by Crippen LogP contribution is -2.35. The summed E-state index contributed by atoms with van der Waals surface area (Å²) in [6.45, 7) is 1.92. The third-order valence-electron chi connectivity index (χ3n) is 4.53. The molecule has 2 N–H and O–H groups in total. The zero-order valence-electron chi connectivity index (χ0n) is 13.9. The number of nitrogens with one attached hydrogen (secondary N) is 1. The first-order valence-corrected chi connectivity index (χ1v) is 8.54. The SMILES string of the molecule is O=C(O)c1ccc(OCCNC(=O)[C@@H]2CC(=O)N(CC3CC3)C2)cc1. The number of carboxylic acid groups (broad SMARTS) is 1. The Bertz CT molecular complexity index is 654. The lowest BCUT2D eigenvalue weighted by molar-refractivity contribution is -0.129. The minimum atomic E-state index is -0.986. The zero-order chi connectivity index (χ0) is 17.8. The van der Waals surface area contributed by atoms with E-state index in [0.717, 1.165) is 6.54 Å². The highest BCUT2D eigenvalue weighted by Gasteiger charge is 2.36. The fourth-order valence-electron chi connectivity index (χ4n) is 2.92. The maximum atomic E-state index is 12.2.